The number of oxazole rings is 1. The quantitative estimate of drug-likeness (QED) is 0.432. The van der Waals surface area contributed by atoms with Crippen LogP contribution in [0.3, 0.4) is 0 Å². The van der Waals surface area contributed by atoms with E-state index in [0.29, 0.717) is 11.6 Å². The average molecular weight is 439 g/mol. The molecule has 1 aromatic heterocycles. The predicted molar refractivity (Wildman–Crippen MR) is 132 cm³/mol. The molecule has 1 fully saturated rings. The van der Waals surface area contributed by atoms with Crippen LogP contribution >= 0.6 is 0 Å². The number of aromatic nitrogens is 1. The number of hydrogen-bond acceptors (Lipinski definition) is 5. The highest BCUT2D eigenvalue weighted by Crippen LogP contribution is 2.31. The van der Waals surface area contributed by atoms with Gasteiger partial charge in [-0.15, -0.1) is 0 Å². The fourth-order valence-electron chi connectivity index (χ4n) is 4.05. The van der Waals surface area contributed by atoms with Gasteiger partial charge in [-0.3, -0.25) is 9.69 Å². The molecule has 0 saturated carbocycles. The van der Waals surface area contributed by atoms with E-state index in [-0.39, 0.29) is 5.91 Å². The van der Waals surface area contributed by atoms with E-state index in [2.05, 4.69) is 21.6 Å². The summed E-state index contributed by atoms with van der Waals surface area (Å²) in [5, 5.41) is 6.35. The van der Waals surface area contributed by atoms with Crippen LogP contribution in [0, 0.1) is 0 Å². The molecule has 0 bridgehead atoms. The number of anilines is 1. The van der Waals surface area contributed by atoms with Crippen molar-refractivity contribution in [2.75, 3.05) is 31.5 Å². The molecule has 0 aliphatic carbocycles. The second kappa shape index (κ2) is 9.81. The number of carbonyl (C=O) groups excluding carboxylic acids is 1. The molecule has 1 saturated heterocycles. The smallest absolute Gasteiger partial charge is 0.248 e. The number of rotatable bonds is 6. The Morgan fingerprint density at radius 3 is 2.64 bits per heavy atom. The Hall–Kier alpha value is -3.74. The molecule has 6 heteroatoms. The molecule has 4 aromatic rings. The molecule has 1 amide bonds. The van der Waals surface area contributed by atoms with E-state index in [4.69, 9.17) is 9.40 Å². The molecule has 0 spiro atoms. The lowest BCUT2D eigenvalue weighted by atomic mass is 10.1. The zero-order valence-corrected chi connectivity index (χ0v) is 18.3. The normalized spacial score (nSPS) is 14.7. The number of fused-ring (bicyclic) bond motifs is 1. The van der Waals surface area contributed by atoms with E-state index >= 15 is 0 Å². The Bertz CT molecular complexity index is 1270. The first kappa shape index (κ1) is 21.1. The van der Waals surface area contributed by atoms with Gasteiger partial charge in [0.25, 0.3) is 0 Å². The van der Waals surface area contributed by atoms with Gasteiger partial charge in [-0.25, -0.2) is 4.98 Å². The van der Waals surface area contributed by atoms with Gasteiger partial charge in [0.1, 0.15) is 5.52 Å². The SMILES string of the molecule is O=C(/C=C/c1ccccc1)Nc1ccccc1-c1nc2c(CN3CCNCC3)cccc2o1. The highest BCUT2D eigenvalue weighted by Gasteiger charge is 2.17. The first-order chi connectivity index (χ1) is 16.3. The van der Waals surface area contributed by atoms with Gasteiger partial charge in [0, 0.05) is 38.8 Å². The summed E-state index contributed by atoms with van der Waals surface area (Å²) in [6, 6.07) is 23.4. The van der Waals surface area contributed by atoms with Crippen molar-refractivity contribution in [1.29, 1.82) is 0 Å². The zero-order valence-electron chi connectivity index (χ0n) is 18.3. The molecule has 0 atom stereocenters. The minimum atomic E-state index is -0.207. The lowest BCUT2D eigenvalue weighted by Crippen LogP contribution is -2.42. The molecule has 5 rings (SSSR count). The molecule has 3 aromatic carbocycles. The van der Waals surface area contributed by atoms with Gasteiger partial charge in [0.15, 0.2) is 5.58 Å². The van der Waals surface area contributed by atoms with E-state index in [0.717, 1.165) is 60.5 Å². The maximum Gasteiger partial charge on any atom is 0.248 e. The summed E-state index contributed by atoms with van der Waals surface area (Å²) in [6.07, 6.45) is 3.32. The highest BCUT2D eigenvalue weighted by atomic mass is 16.3. The third kappa shape index (κ3) is 5.03. The van der Waals surface area contributed by atoms with Crippen LogP contribution in [0.15, 0.2) is 83.3 Å². The Balaban J connectivity index is 1.39. The van der Waals surface area contributed by atoms with E-state index in [1.54, 1.807) is 6.08 Å². The van der Waals surface area contributed by atoms with Crippen molar-refractivity contribution in [3.8, 4) is 11.5 Å². The second-order valence-corrected chi connectivity index (χ2v) is 8.09. The predicted octanol–water partition coefficient (Wildman–Crippen LogP) is 4.55. The molecular formula is C27H26N4O2. The van der Waals surface area contributed by atoms with Crippen molar-refractivity contribution in [3.63, 3.8) is 0 Å². The Kier molecular flexibility index (Phi) is 6.28. The van der Waals surface area contributed by atoms with E-state index in [1.165, 1.54) is 6.08 Å². The minimum absolute atomic E-state index is 0.207. The van der Waals surface area contributed by atoms with Crippen molar-refractivity contribution in [1.82, 2.24) is 15.2 Å². The van der Waals surface area contributed by atoms with Crippen molar-refractivity contribution >= 4 is 28.8 Å². The largest absolute Gasteiger partial charge is 0.436 e. The number of benzene rings is 3. The summed E-state index contributed by atoms with van der Waals surface area (Å²) < 4.78 is 6.12. The number of nitrogens with zero attached hydrogens (tertiary/aromatic N) is 2. The molecule has 0 radical (unpaired) electrons. The van der Waals surface area contributed by atoms with Crippen LogP contribution in [0.1, 0.15) is 11.1 Å². The first-order valence-electron chi connectivity index (χ1n) is 11.2. The van der Waals surface area contributed by atoms with Gasteiger partial charge >= 0.3 is 0 Å². The molecule has 6 nitrogen and oxygen atoms in total. The minimum Gasteiger partial charge on any atom is -0.436 e. The topological polar surface area (TPSA) is 70.4 Å². The van der Waals surface area contributed by atoms with E-state index in [1.807, 2.05) is 66.7 Å². The van der Waals surface area contributed by atoms with Crippen LogP contribution in [0.25, 0.3) is 28.6 Å². The number of carbonyl (C=O) groups is 1. The third-order valence-electron chi connectivity index (χ3n) is 5.75. The summed E-state index contributed by atoms with van der Waals surface area (Å²) in [4.78, 5) is 19.8. The van der Waals surface area contributed by atoms with E-state index < -0.39 is 0 Å². The van der Waals surface area contributed by atoms with Crippen LogP contribution < -0.4 is 10.6 Å². The average Bonchev–Trinajstić information content (AvgIpc) is 3.30. The van der Waals surface area contributed by atoms with Crippen molar-refractivity contribution < 1.29 is 9.21 Å². The van der Waals surface area contributed by atoms with Gasteiger partial charge < -0.3 is 15.1 Å². The fraction of sp³-hybridized carbons (Fsp3) is 0.185. The number of hydrogen-bond donors (Lipinski definition) is 2. The van der Waals surface area contributed by atoms with Crippen LogP contribution in [0.5, 0.6) is 0 Å². The summed E-state index contributed by atoms with van der Waals surface area (Å²) in [5.74, 6) is 0.294. The van der Waals surface area contributed by atoms with Crippen molar-refractivity contribution in [2.24, 2.45) is 0 Å². The summed E-state index contributed by atoms with van der Waals surface area (Å²) >= 11 is 0. The van der Waals surface area contributed by atoms with Crippen molar-refractivity contribution in [3.05, 3.63) is 90.0 Å². The highest BCUT2D eigenvalue weighted by molar-refractivity contribution is 6.04. The lowest BCUT2D eigenvalue weighted by Gasteiger charge is -2.27. The summed E-state index contributed by atoms with van der Waals surface area (Å²) in [7, 11) is 0. The Labute approximate surface area is 192 Å². The van der Waals surface area contributed by atoms with Crippen LogP contribution in [0.2, 0.25) is 0 Å². The maximum atomic E-state index is 12.6. The van der Waals surface area contributed by atoms with Gasteiger partial charge in [0.05, 0.1) is 11.3 Å². The number of para-hydroxylation sites is 2. The van der Waals surface area contributed by atoms with Gasteiger partial charge in [-0.1, -0.05) is 54.6 Å². The second-order valence-electron chi connectivity index (χ2n) is 8.09. The van der Waals surface area contributed by atoms with Crippen LogP contribution in [-0.2, 0) is 11.3 Å². The number of amides is 1. The van der Waals surface area contributed by atoms with Crippen LogP contribution in [0.4, 0.5) is 5.69 Å². The molecular weight excluding hydrogens is 412 g/mol. The zero-order chi connectivity index (χ0) is 22.5. The van der Waals surface area contributed by atoms with Crippen LogP contribution in [-0.4, -0.2) is 42.0 Å². The Morgan fingerprint density at radius 1 is 1.00 bits per heavy atom. The standard InChI is InChI=1S/C27H26N4O2/c32-25(14-13-20-7-2-1-3-8-20)29-23-11-5-4-10-22(23)27-30-26-21(9-6-12-24(26)33-27)19-31-17-15-28-16-18-31/h1-14,28H,15-19H2,(H,29,32)/b14-13+. The maximum absolute atomic E-state index is 12.6. The Morgan fingerprint density at radius 2 is 1.79 bits per heavy atom. The summed E-state index contributed by atoms with van der Waals surface area (Å²) in [5.41, 5.74) is 5.16. The molecule has 1 aliphatic rings. The molecule has 1 aliphatic heterocycles. The fourth-order valence-corrected chi connectivity index (χ4v) is 4.05. The molecule has 2 heterocycles. The third-order valence-corrected chi connectivity index (χ3v) is 5.75. The van der Waals surface area contributed by atoms with Gasteiger partial charge in [-0.05, 0) is 35.4 Å². The lowest BCUT2D eigenvalue weighted by molar-refractivity contribution is -0.111. The molecule has 2 N–H and O–H groups in total. The number of nitrogens with one attached hydrogen (secondary N) is 2. The molecule has 0 unspecified atom stereocenters. The molecule has 33 heavy (non-hydrogen) atoms. The summed E-state index contributed by atoms with van der Waals surface area (Å²) in [6.45, 7) is 4.89. The number of piperazine rings is 1. The molecule has 166 valence electrons. The first-order valence-corrected chi connectivity index (χ1v) is 11.2. The van der Waals surface area contributed by atoms with E-state index in [9.17, 15) is 4.79 Å². The van der Waals surface area contributed by atoms with Crippen molar-refractivity contribution in [2.45, 2.75) is 6.54 Å². The monoisotopic (exact) mass is 438 g/mol. The van der Waals surface area contributed by atoms with Gasteiger partial charge in [0.2, 0.25) is 11.8 Å². The van der Waals surface area contributed by atoms with Gasteiger partial charge in [-0.2, -0.15) is 0 Å².